The maximum atomic E-state index is 8.50. The zero-order chi connectivity index (χ0) is 8.57. The third-order valence-electron chi connectivity index (χ3n) is 0.730. The van der Waals surface area contributed by atoms with Crippen LogP contribution in [0.2, 0.25) is 0 Å². The van der Waals surface area contributed by atoms with Gasteiger partial charge in [0.05, 0.1) is 0 Å². The van der Waals surface area contributed by atoms with Crippen molar-refractivity contribution < 1.29 is 5.21 Å². The summed E-state index contributed by atoms with van der Waals surface area (Å²) in [6.45, 7) is 11.8. The summed E-state index contributed by atoms with van der Waals surface area (Å²) in [6, 6.07) is 0. The van der Waals surface area contributed by atoms with Gasteiger partial charge in [0.1, 0.15) is 0 Å². The van der Waals surface area contributed by atoms with Crippen LogP contribution >= 0.6 is 0 Å². The van der Waals surface area contributed by atoms with Crippen molar-refractivity contribution >= 4 is 0 Å². The first-order valence-electron chi connectivity index (χ1n) is 3.98. The summed E-state index contributed by atoms with van der Waals surface area (Å²) >= 11 is 0. The molecule has 0 aromatic heterocycles. The third-order valence-corrected chi connectivity index (χ3v) is 0.730. The molecule has 0 saturated heterocycles. The lowest BCUT2D eigenvalue weighted by molar-refractivity contribution is -0.0813. The van der Waals surface area contributed by atoms with Crippen LogP contribution < -0.4 is 0 Å². The predicted octanol–water partition coefficient (Wildman–Crippen LogP) is 2.38. The van der Waals surface area contributed by atoms with Gasteiger partial charge in [0, 0.05) is 13.1 Å². The first-order valence-corrected chi connectivity index (χ1v) is 3.98. The zero-order valence-electron chi connectivity index (χ0n) is 7.89. The largest absolute Gasteiger partial charge is 0.314 e. The minimum absolute atomic E-state index is 0.719. The molecule has 0 aliphatic carbocycles. The molecule has 0 radical (unpaired) electrons. The van der Waals surface area contributed by atoms with Crippen LogP contribution in [-0.2, 0) is 0 Å². The fraction of sp³-hybridized carbons (Fsp3) is 1.00. The molecular formula is C8H21NO. The third kappa shape index (κ3) is 24.7. The lowest BCUT2D eigenvalue weighted by atomic mass is 10.3. The number of nitrogens with zero attached hydrogens (tertiary/aromatic N) is 1. The molecule has 0 saturated carbocycles. The van der Waals surface area contributed by atoms with Crippen molar-refractivity contribution in [3.63, 3.8) is 0 Å². The topological polar surface area (TPSA) is 23.5 Å². The predicted molar refractivity (Wildman–Crippen MR) is 45.2 cm³/mol. The first-order chi connectivity index (χ1) is 4.54. The van der Waals surface area contributed by atoms with Crippen LogP contribution in [0.5, 0.6) is 0 Å². The Morgan fingerprint density at radius 1 is 1.10 bits per heavy atom. The maximum Gasteiger partial charge on any atom is 0.0209 e. The molecule has 0 aromatic rings. The van der Waals surface area contributed by atoms with Gasteiger partial charge in [-0.15, -0.1) is 0 Å². The summed E-state index contributed by atoms with van der Waals surface area (Å²) < 4.78 is 0. The molecular weight excluding hydrogens is 126 g/mol. The Morgan fingerprint density at radius 3 is 1.30 bits per heavy atom. The second-order valence-corrected chi connectivity index (χ2v) is 2.87. The summed E-state index contributed by atoms with van der Waals surface area (Å²) in [7, 11) is 0. The Morgan fingerprint density at radius 2 is 1.30 bits per heavy atom. The molecule has 0 fully saturated rings. The molecule has 2 nitrogen and oxygen atoms in total. The summed E-state index contributed by atoms with van der Waals surface area (Å²) in [5.41, 5.74) is 0. The van der Waals surface area contributed by atoms with Crippen LogP contribution in [0.15, 0.2) is 0 Å². The smallest absolute Gasteiger partial charge is 0.0209 e. The molecule has 0 amide bonds. The molecule has 0 aromatic carbocycles. The van der Waals surface area contributed by atoms with Gasteiger partial charge >= 0.3 is 0 Å². The van der Waals surface area contributed by atoms with Gasteiger partial charge in [-0.25, -0.2) is 0 Å². The van der Waals surface area contributed by atoms with Crippen molar-refractivity contribution in [2.45, 2.75) is 34.6 Å². The van der Waals surface area contributed by atoms with Gasteiger partial charge in [0.25, 0.3) is 0 Å². The van der Waals surface area contributed by atoms with Crippen LogP contribution in [0.3, 0.4) is 0 Å². The minimum atomic E-state index is 0.719. The highest BCUT2D eigenvalue weighted by molar-refractivity contribution is 4.26. The molecule has 0 aliphatic heterocycles. The molecule has 0 atom stereocenters. The highest BCUT2D eigenvalue weighted by atomic mass is 16.5. The van der Waals surface area contributed by atoms with Gasteiger partial charge in [-0.2, -0.15) is 5.06 Å². The summed E-state index contributed by atoms with van der Waals surface area (Å²) in [4.78, 5) is 0. The van der Waals surface area contributed by atoms with E-state index in [1.807, 2.05) is 13.8 Å². The van der Waals surface area contributed by atoms with Gasteiger partial charge in [0.2, 0.25) is 0 Å². The van der Waals surface area contributed by atoms with Crippen molar-refractivity contribution in [3.05, 3.63) is 0 Å². The first kappa shape index (κ1) is 12.6. The molecule has 0 aliphatic rings. The van der Waals surface area contributed by atoms with Crippen molar-refractivity contribution in [2.75, 3.05) is 13.1 Å². The van der Waals surface area contributed by atoms with Gasteiger partial charge < -0.3 is 5.21 Å². The number of hydrogen-bond donors (Lipinski definition) is 1. The van der Waals surface area contributed by atoms with E-state index in [-0.39, 0.29) is 0 Å². The summed E-state index contributed by atoms with van der Waals surface area (Å²) in [5.74, 6) is 0.833. The monoisotopic (exact) mass is 147 g/mol. The quantitative estimate of drug-likeness (QED) is 0.606. The molecule has 0 unspecified atom stereocenters. The van der Waals surface area contributed by atoms with Gasteiger partial charge in [-0.1, -0.05) is 34.6 Å². The molecule has 1 N–H and O–H groups in total. The van der Waals surface area contributed by atoms with E-state index < -0.39 is 0 Å². The molecule has 10 heavy (non-hydrogen) atoms. The van der Waals surface area contributed by atoms with Gasteiger partial charge in [-0.05, 0) is 5.92 Å². The molecule has 0 bridgehead atoms. The number of rotatable bonds is 2. The maximum absolute atomic E-state index is 8.50. The normalized spacial score (nSPS) is 9.60. The van der Waals surface area contributed by atoms with Crippen molar-refractivity contribution in [2.24, 2.45) is 5.92 Å². The number of hydrogen-bond acceptors (Lipinski definition) is 2. The molecule has 2 heteroatoms. The highest BCUT2D eigenvalue weighted by Gasteiger charge is 1.84. The van der Waals surface area contributed by atoms with E-state index in [1.165, 1.54) is 5.06 Å². The second kappa shape index (κ2) is 8.92. The Bertz CT molecular complexity index is 48.5. The van der Waals surface area contributed by atoms with Gasteiger partial charge in [0.15, 0.2) is 0 Å². The van der Waals surface area contributed by atoms with E-state index in [2.05, 4.69) is 20.8 Å². The van der Waals surface area contributed by atoms with E-state index in [4.69, 9.17) is 5.21 Å². The Hall–Kier alpha value is -0.0800. The van der Waals surface area contributed by atoms with Crippen molar-refractivity contribution in [1.29, 1.82) is 0 Å². The Balaban J connectivity index is 0. The Labute approximate surface area is 64.8 Å². The van der Waals surface area contributed by atoms with Crippen molar-refractivity contribution in [3.8, 4) is 0 Å². The van der Waals surface area contributed by atoms with Crippen LogP contribution in [0.25, 0.3) is 0 Å². The van der Waals surface area contributed by atoms with E-state index in [9.17, 15) is 0 Å². The molecule has 0 heterocycles. The van der Waals surface area contributed by atoms with E-state index in [0.717, 1.165) is 19.0 Å². The van der Waals surface area contributed by atoms with Gasteiger partial charge in [-0.3, -0.25) is 0 Å². The zero-order valence-corrected chi connectivity index (χ0v) is 7.89. The van der Waals surface area contributed by atoms with Crippen LogP contribution in [0.4, 0.5) is 0 Å². The molecule has 0 rings (SSSR count). The van der Waals surface area contributed by atoms with Crippen LogP contribution in [0, 0.1) is 5.92 Å². The summed E-state index contributed by atoms with van der Waals surface area (Å²) in [5, 5.41) is 9.75. The fourth-order valence-electron chi connectivity index (χ4n) is 0.224. The lowest BCUT2D eigenvalue weighted by Gasteiger charge is -2.05. The fourth-order valence-corrected chi connectivity index (χ4v) is 0.224. The van der Waals surface area contributed by atoms with E-state index in [1.54, 1.807) is 0 Å². The number of hydroxylamine groups is 2. The average molecular weight is 147 g/mol. The highest BCUT2D eigenvalue weighted by Crippen LogP contribution is 1.81. The lowest BCUT2D eigenvalue weighted by Crippen LogP contribution is -2.16. The molecule has 64 valence electrons. The van der Waals surface area contributed by atoms with Crippen LogP contribution in [-0.4, -0.2) is 23.4 Å². The molecule has 0 spiro atoms. The minimum Gasteiger partial charge on any atom is -0.314 e. The van der Waals surface area contributed by atoms with E-state index >= 15 is 0 Å². The van der Waals surface area contributed by atoms with Crippen LogP contribution in [0.1, 0.15) is 34.6 Å². The SMILES string of the molecule is CC(C)C.CCN(O)CC. The van der Waals surface area contributed by atoms with Crippen molar-refractivity contribution in [1.82, 2.24) is 5.06 Å². The Kier molecular flexibility index (Phi) is 11.2. The second-order valence-electron chi connectivity index (χ2n) is 2.87. The standard InChI is InChI=1S/C4H11NO.C4H10/c1-3-5(6)4-2;1-4(2)3/h6H,3-4H2,1-2H3;4H,1-3H3. The van der Waals surface area contributed by atoms with E-state index in [0.29, 0.717) is 0 Å². The summed E-state index contributed by atoms with van der Waals surface area (Å²) in [6.07, 6.45) is 0. The average Bonchev–Trinajstić information content (AvgIpc) is 1.85.